The summed E-state index contributed by atoms with van der Waals surface area (Å²) in [4.78, 5) is 23.0. The summed E-state index contributed by atoms with van der Waals surface area (Å²) in [5.74, 6) is 0.368. The van der Waals surface area contributed by atoms with Gasteiger partial charge >= 0.3 is 0 Å². The number of benzene rings is 2. The highest BCUT2D eigenvalue weighted by Crippen LogP contribution is 2.17. The smallest absolute Gasteiger partial charge is 0.222 e. The van der Waals surface area contributed by atoms with Crippen molar-refractivity contribution in [1.29, 1.82) is 0 Å². The zero-order chi connectivity index (χ0) is 18.1. The molecule has 0 spiro atoms. The summed E-state index contributed by atoms with van der Waals surface area (Å²) in [6.45, 7) is 2.16. The van der Waals surface area contributed by atoms with Crippen molar-refractivity contribution in [1.82, 2.24) is 5.32 Å². The first kappa shape index (κ1) is 18.5. The molecule has 0 saturated carbocycles. The van der Waals surface area contributed by atoms with Gasteiger partial charge in [-0.25, -0.2) is 0 Å². The Labute approximate surface area is 147 Å². The van der Waals surface area contributed by atoms with Crippen molar-refractivity contribution < 1.29 is 14.3 Å². The quantitative estimate of drug-likeness (QED) is 0.642. The van der Waals surface area contributed by atoms with Crippen LogP contribution in [0.5, 0.6) is 5.75 Å². The van der Waals surface area contributed by atoms with Crippen LogP contribution in [0.15, 0.2) is 54.6 Å². The van der Waals surface area contributed by atoms with E-state index in [-0.39, 0.29) is 24.3 Å². The van der Waals surface area contributed by atoms with Crippen LogP contribution in [0.3, 0.4) is 0 Å². The van der Waals surface area contributed by atoms with Gasteiger partial charge in [0.05, 0.1) is 6.54 Å². The van der Waals surface area contributed by atoms with Crippen LogP contribution >= 0.6 is 0 Å². The monoisotopic (exact) mass is 341 g/mol. The fraction of sp³-hybridized carbons (Fsp3) is 0.263. The number of nitrogens with one attached hydrogen (secondary N) is 2. The summed E-state index contributed by atoms with van der Waals surface area (Å²) in [7, 11) is 0. The van der Waals surface area contributed by atoms with Crippen molar-refractivity contribution in [3.63, 3.8) is 0 Å². The third-order valence-corrected chi connectivity index (χ3v) is 3.48. The lowest BCUT2D eigenvalue weighted by molar-refractivity contribution is -0.121. The number of nitrogens with two attached hydrogens (primary N) is 1. The van der Waals surface area contributed by atoms with Crippen molar-refractivity contribution >= 4 is 17.5 Å². The minimum absolute atomic E-state index is 0.119. The lowest BCUT2D eigenvalue weighted by Gasteiger charge is -2.13. The van der Waals surface area contributed by atoms with Gasteiger partial charge in [-0.1, -0.05) is 36.4 Å². The summed E-state index contributed by atoms with van der Waals surface area (Å²) >= 11 is 0. The Balaban J connectivity index is 1.70. The molecule has 1 unspecified atom stereocenters. The van der Waals surface area contributed by atoms with Gasteiger partial charge in [0.15, 0.2) is 0 Å². The fourth-order valence-electron chi connectivity index (χ4n) is 2.32. The first-order valence-electron chi connectivity index (χ1n) is 8.12. The molecule has 2 aromatic rings. The first-order chi connectivity index (χ1) is 12.0. The van der Waals surface area contributed by atoms with E-state index >= 15 is 0 Å². The van der Waals surface area contributed by atoms with Crippen LogP contribution in [0, 0.1) is 0 Å². The molecule has 132 valence electrons. The highest BCUT2D eigenvalue weighted by Gasteiger charge is 2.10. The van der Waals surface area contributed by atoms with Crippen molar-refractivity contribution in [3.05, 3.63) is 60.2 Å². The third-order valence-electron chi connectivity index (χ3n) is 3.48. The number of rotatable bonds is 8. The number of carbonyl (C=O) groups is 2. The lowest BCUT2D eigenvalue weighted by Crippen LogP contribution is -2.30. The molecule has 0 radical (unpaired) electrons. The number of carbonyl (C=O) groups excluding carboxylic acids is 2. The van der Waals surface area contributed by atoms with Gasteiger partial charge in [-0.2, -0.15) is 0 Å². The Morgan fingerprint density at radius 1 is 1.12 bits per heavy atom. The molecule has 2 rings (SSSR count). The predicted molar refractivity (Wildman–Crippen MR) is 97.2 cm³/mol. The van der Waals surface area contributed by atoms with Crippen LogP contribution in [0.25, 0.3) is 0 Å². The fourth-order valence-corrected chi connectivity index (χ4v) is 2.32. The van der Waals surface area contributed by atoms with Gasteiger partial charge in [0, 0.05) is 31.1 Å². The van der Waals surface area contributed by atoms with Gasteiger partial charge in [0.2, 0.25) is 11.8 Å². The molecular formula is C19H23N3O3. The zero-order valence-corrected chi connectivity index (χ0v) is 14.2. The summed E-state index contributed by atoms with van der Waals surface area (Å²) in [5.41, 5.74) is 7.62. The van der Waals surface area contributed by atoms with E-state index in [0.29, 0.717) is 24.6 Å². The predicted octanol–water partition coefficient (Wildman–Crippen LogP) is 2.23. The first-order valence-corrected chi connectivity index (χ1v) is 8.12. The Morgan fingerprint density at radius 2 is 1.88 bits per heavy atom. The summed E-state index contributed by atoms with van der Waals surface area (Å²) in [6.07, 6.45) is 0.224. The number of amides is 2. The van der Waals surface area contributed by atoms with Gasteiger partial charge in [-0.15, -0.1) is 0 Å². The standard InChI is InChI=1S/C19H23N3O3/c1-14(23)22-16-8-5-9-17(12-16)25-11-10-21-19(24)13-18(20)15-6-3-2-4-7-15/h2-9,12,18H,10-11,13,20H2,1H3,(H,21,24)(H,22,23). The highest BCUT2D eigenvalue weighted by molar-refractivity contribution is 5.88. The molecule has 6 heteroatoms. The molecule has 0 aliphatic rings. The molecule has 25 heavy (non-hydrogen) atoms. The largest absolute Gasteiger partial charge is 0.492 e. The topological polar surface area (TPSA) is 93.5 Å². The maximum atomic E-state index is 11.9. The average Bonchev–Trinajstić information content (AvgIpc) is 2.59. The number of hydrogen-bond donors (Lipinski definition) is 3. The minimum Gasteiger partial charge on any atom is -0.492 e. The van der Waals surface area contributed by atoms with E-state index < -0.39 is 0 Å². The molecule has 6 nitrogen and oxygen atoms in total. The van der Waals surface area contributed by atoms with E-state index in [1.165, 1.54) is 6.92 Å². The van der Waals surface area contributed by atoms with Crippen molar-refractivity contribution in [3.8, 4) is 5.75 Å². The van der Waals surface area contributed by atoms with Crippen molar-refractivity contribution in [2.45, 2.75) is 19.4 Å². The average molecular weight is 341 g/mol. The third kappa shape index (κ3) is 6.64. The van der Waals surface area contributed by atoms with E-state index in [1.54, 1.807) is 24.3 Å². The highest BCUT2D eigenvalue weighted by atomic mass is 16.5. The zero-order valence-electron chi connectivity index (χ0n) is 14.2. The molecule has 0 fully saturated rings. The Morgan fingerprint density at radius 3 is 2.60 bits per heavy atom. The van der Waals surface area contributed by atoms with E-state index in [2.05, 4.69) is 10.6 Å². The molecule has 0 heterocycles. The van der Waals surface area contributed by atoms with Crippen LogP contribution in [0.1, 0.15) is 24.9 Å². The van der Waals surface area contributed by atoms with Gasteiger partial charge in [0.25, 0.3) is 0 Å². The van der Waals surface area contributed by atoms with Crippen LogP contribution in [0.2, 0.25) is 0 Å². The summed E-state index contributed by atoms with van der Waals surface area (Å²) < 4.78 is 5.57. The van der Waals surface area contributed by atoms with Crippen molar-refractivity contribution in [2.75, 3.05) is 18.5 Å². The molecule has 4 N–H and O–H groups in total. The second-order valence-electron chi connectivity index (χ2n) is 5.63. The van der Waals surface area contributed by atoms with Gasteiger partial charge in [-0.3, -0.25) is 9.59 Å². The van der Waals surface area contributed by atoms with Gasteiger partial charge in [-0.05, 0) is 17.7 Å². The van der Waals surface area contributed by atoms with Gasteiger partial charge in [0.1, 0.15) is 12.4 Å². The maximum absolute atomic E-state index is 11.9. The molecule has 0 aromatic heterocycles. The normalized spacial score (nSPS) is 11.4. The maximum Gasteiger partial charge on any atom is 0.222 e. The molecule has 0 bridgehead atoms. The SMILES string of the molecule is CC(=O)Nc1cccc(OCCNC(=O)CC(N)c2ccccc2)c1. The van der Waals surface area contributed by atoms with Crippen LogP contribution in [0.4, 0.5) is 5.69 Å². The van der Waals surface area contributed by atoms with Crippen LogP contribution < -0.4 is 21.1 Å². The van der Waals surface area contributed by atoms with E-state index in [9.17, 15) is 9.59 Å². The molecular weight excluding hydrogens is 318 g/mol. The summed E-state index contributed by atoms with van der Waals surface area (Å²) in [6, 6.07) is 16.3. The molecule has 0 aliphatic carbocycles. The molecule has 2 amide bonds. The van der Waals surface area contributed by atoms with E-state index in [0.717, 1.165) is 5.56 Å². The molecule has 2 aromatic carbocycles. The number of hydrogen-bond acceptors (Lipinski definition) is 4. The Bertz CT molecular complexity index is 704. The second-order valence-corrected chi connectivity index (χ2v) is 5.63. The lowest BCUT2D eigenvalue weighted by atomic mass is 10.0. The number of ether oxygens (including phenoxy) is 1. The Kier molecular flexibility index (Phi) is 6.98. The minimum atomic E-state index is -0.323. The molecule has 0 saturated heterocycles. The van der Waals surface area contributed by atoms with Gasteiger partial charge < -0.3 is 21.1 Å². The van der Waals surface area contributed by atoms with E-state index in [4.69, 9.17) is 10.5 Å². The van der Waals surface area contributed by atoms with Crippen LogP contribution in [-0.4, -0.2) is 25.0 Å². The summed E-state index contributed by atoms with van der Waals surface area (Å²) in [5, 5.41) is 5.48. The second kappa shape index (κ2) is 9.44. The Hall–Kier alpha value is -2.86. The molecule has 1 atom stereocenters. The number of anilines is 1. The van der Waals surface area contributed by atoms with E-state index in [1.807, 2.05) is 30.3 Å². The van der Waals surface area contributed by atoms with Crippen LogP contribution in [-0.2, 0) is 9.59 Å². The van der Waals surface area contributed by atoms with Crippen molar-refractivity contribution in [2.24, 2.45) is 5.73 Å². The molecule has 0 aliphatic heterocycles.